The van der Waals surface area contributed by atoms with Crippen LogP contribution in [0.5, 0.6) is 0 Å². The molecule has 1 fully saturated rings. The van der Waals surface area contributed by atoms with Crippen molar-refractivity contribution in [1.82, 2.24) is 0 Å². The van der Waals surface area contributed by atoms with E-state index in [0.717, 1.165) is 12.0 Å². The summed E-state index contributed by atoms with van der Waals surface area (Å²) in [5, 5.41) is 8.37. The highest BCUT2D eigenvalue weighted by molar-refractivity contribution is 7.92. The standard InChI is InChI=1S/C18H19NO4S/c1-2-12-8-10-13(11-9-12)15-16(18(15,19)17(20)21)24(22,23)14-6-4-3-5-7-14/h3-11,15-16H,2,19H2,1H3,(H,20,21)/t15-,16+,18+/m1/s1. The summed E-state index contributed by atoms with van der Waals surface area (Å²) in [4.78, 5) is 11.8. The molecule has 3 rings (SSSR count). The van der Waals surface area contributed by atoms with Crippen molar-refractivity contribution in [2.75, 3.05) is 0 Å². The highest BCUT2D eigenvalue weighted by Gasteiger charge is 2.74. The predicted octanol–water partition coefficient (Wildman–Crippen LogP) is 1.97. The third kappa shape index (κ3) is 2.42. The Morgan fingerprint density at radius 3 is 2.21 bits per heavy atom. The molecule has 2 aromatic carbocycles. The molecule has 5 nitrogen and oxygen atoms in total. The molecule has 0 heterocycles. The lowest BCUT2D eigenvalue weighted by atomic mass is 10.0. The van der Waals surface area contributed by atoms with E-state index in [1.54, 1.807) is 30.3 Å². The Bertz CT molecular complexity index is 862. The maximum Gasteiger partial charge on any atom is 0.325 e. The molecular weight excluding hydrogens is 326 g/mol. The van der Waals surface area contributed by atoms with Gasteiger partial charge in [-0.2, -0.15) is 0 Å². The minimum Gasteiger partial charge on any atom is -0.480 e. The highest BCUT2D eigenvalue weighted by Crippen LogP contribution is 2.55. The molecule has 6 heteroatoms. The van der Waals surface area contributed by atoms with Gasteiger partial charge in [0.1, 0.15) is 10.8 Å². The topological polar surface area (TPSA) is 97.5 Å². The van der Waals surface area contributed by atoms with Crippen molar-refractivity contribution in [3.63, 3.8) is 0 Å². The highest BCUT2D eigenvalue weighted by atomic mass is 32.2. The molecule has 0 bridgehead atoms. The number of aryl methyl sites for hydroxylation is 1. The Labute approximate surface area is 141 Å². The van der Waals surface area contributed by atoms with Crippen molar-refractivity contribution < 1.29 is 18.3 Å². The Morgan fingerprint density at radius 1 is 1.12 bits per heavy atom. The van der Waals surface area contributed by atoms with Crippen LogP contribution in [0.15, 0.2) is 59.5 Å². The van der Waals surface area contributed by atoms with Gasteiger partial charge in [0, 0.05) is 5.92 Å². The lowest BCUT2D eigenvalue weighted by molar-refractivity contribution is -0.139. The molecule has 2 aromatic rings. The molecule has 3 atom stereocenters. The Morgan fingerprint density at radius 2 is 1.71 bits per heavy atom. The van der Waals surface area contributed by atoms with Gasteiger partial charge in [-0.05, 0) is 29.7 Å². The van der Waals surface area contributed by atoms with E-state index in [1.807, 2.05) is 19.1 Å². The molecule has 0 unspecified atom stereocenters. The van der Waals surface area contributed by atoms with E-state index in [0.29, 0.717) is 5.56 Å². The second kappa shape index (κ2) is 5.72. The summed E-state index contributed by atoms with van der Waals surface area (Å²) < 4.78 is 25.8. The van der Waals surface area contributed by atoms with Crippen molar-refractivity contribution >= 4 is 15.8 Å². The van der Waals surface area contributed by atoms with Crippen molar-refractivity contribution in [2.24, 2.45) is 5.73 Å². The molecule has 1 aliphatic rings. The van der Waals surface area contributed by atoms with E-state index in [-0.39, 0.29) is 4.90 Å². The van der Waals surface area contributed by atoms with Crippen LogP contribution in [0.4, 0.5) is 0 Å². The van der Waals surface area contributed by atoms with Gasteiger partial charge in [0.25, 0.3) is 0 Å². The van der Waals surface area contributed by atoms with E-state index >= 15 is 0 Å². The Balaban J connectivity index is 2.04. The number of sulfone groups is 1. The second-order valence-electron chi connectivity index (χ2n) is 6.09. The summed E-state index contributed by atoms with van der Waals surface area (Å²) in [5.41, 5.74) is 5.96. The van der Waals surface area contributed by atoms with Crippen LogP contribution in [0, 0.1) is 0 Å². The molecule has 1 aliphatic carbocycles. The molecule has 0 spiro atoms. The fourth-order valence-corrected chi connectivity index (χ4v) is 5.49. The minimum absolute atomic E-state index is 0.0961. The van der Waals surface area contributed by atoms with Gasteiger partial charge in [-0.15, -0.1) is 0 Å². The van der Waals surface area contributed by atoms with Crippen LogP contribution in [0.1, 0.15) is 24.0 Å². The number of carbonyl (C=O) groups is 1. The zero-order chi connectivity index (χ0) is 17.5. The van der Waals surface area contributed by atoms with E-state index < -0.39 is 32.5 Å². The normalized spacial score (nSPS) is 26.1. The first-order valence-corrected chi connectivity index (χ1v) is 9.28. The third-order valence-corrected chi connectivity index (χ3v) is 6.96. The van der Waals surface area contributed by atoms with Gasteiger partial charge in [-0.25, -0.2) is 8.42 Å². The van der Waals surface area contributed by atoms with Gasteiger partial charge in [-0.1, -0.05) is 49.4 Å². The summed E-state index contributed by atoms with van der Waals surface area (Å²) in [6.45, 7) is 2.01. The van der Waals surface area contributed by atoms with Gasteiger partial charge >= 0.3 is 5.97 Å². The first-order chi connectivity index (χ1) is 11.3. The van der Waals surface area contributed by atoms with Gasteiger partial charge in [0.2, 0.25) is 0 Å². The Hall–Kier alpha value is -2.18. The summed E-state index contributed by atoms with van der Waals surface area (Å²) in [6.07, 6.45) is 0.851. The summed E-state index contributed by atoms with van der Waals surface area (Å²) >= 11 is 0. The second-order valence-corrected chi connectivity index (χ2v) is 8.16. The zero-order valence-electron chi connectivity index (χ0n) is 13.2. The maximum atomic E-state index is 12.9. The molecule has 24 heavy (non-hydrogen) atoms. The molecule has 3 N–H and O–H groups in total. The largest absolute Gasteiger partial charge is 0.480 e. The fourth-order valence-electron chi connectivity index (χ4n) is 3.23. The summed E-state index contributed by atoms with van der Waals surface area (Å²) in [7, 11) is -3.84. The maximum absolute atomic E-state index is 12.9. The molecule has 0 amide bonds. The number of hydrogen-bond acceptors (Lipinski definition) is 4. The number of carboxylic acids is 1. The first kappa shape index (κ1) is 16.7. The number of aliphatic carboxylic acids is 1. The summed E-state index contributed by atoms with van der Waals surface area (Å²) in [6, 6.07) is 15.2. The van der Waals surface area contributed by atoms with Crippen molar-refractivity contribution in [3.8, 4) is 0 Å². The van der Waals surface area contributed by atoms with Crippen LogP contribution in [-0.2, 0) is 21.1 Å². The van der Waals surface area contributed by atoms with Crippen molar-refractivity contribution in [2.45, 2.75) is 34.9 Å². The van der Waals surface area contributed by atoms with Crippen LogP contribution in [0.25, 0.3) is 0 Å². The smallest absolute Gasteiger partial charge is 0.325 e. The predicted molar refractivity (Wildman–Crippen MR) is 90.5 cm³/mol. The van der Waals surface area contributed by atoms with Gasteiger partial charge in [-0.3, -0.25) is 4.79 Å². The SMILES string of the molecule is CCc1ccc([C@@H]2[C@H](S(=O)(=O)c3ccccc3)[C@]2(N)C(=O)O)cc1. The van der Waals surface area contributed by atoms with E-state index in [9.17, 15) is 18.3 Å². The molecule has 0 radical (unpaired) electrons. The molecular formula is C18H19NO4S. The third-order valence-electron chi connectivity index (χ3n) is 4.70. The Kier molecular flexibility index (Phi) is 3.97. The number of rotatable bonds is 5. The van der Waals surface area contributed by atoms with E-state index in [1.165, 1.54) is 12.1 Å². The molecule has 0 aliphatic heterocycles. The van der Waals surface area contributed by atoms with Crippen LogP contribution in [0.3, 0.4) is 0 Å². The summed E-state index contributed by atoms with van der Waals surface area (Å²) in [5.74, 6) is -2.05. The molecule has 126 valence electrons. The first-order valence-electron chi connectivity index (χ1n) is 7.73. The van der Waals surface area contributed by atoms with Gasteiger partial charge in [0.15, 0.2) is 9.84 Å². The lowest BCUT2D eigenvalue weighted by Gasteiger charge is -2.06. The lowest BCUT2D eigenvalue weighted by Crippen LogP contribution is -2.39. The monoisotopic (exact) mass is 345 g/mol. The minimum atomic E-state index is -3.84. The number of carboxylic acid groups (broad SMARTS) is 1. The van der Waals surface area contributed by atoms with Crippen LogP contribution >= 0.6 is 0 Å². The zero-order valence-corrected chi connectivity index (χ0v) is 14.0. The van der Waals surface area contributed by atoms with Crippen molar-refractivity contribution in [1.29, 1.82) is 0 Å². The van der Waals surface area contributed by atoms with E-state index in [2.05, 4.69) is 0 Å². The molecule has 0 saturated heterocycles. The molecule has 1 saturated carbocycles. The van der Waals surface area contributed by atoms with Crippen LogP contribution in [0.2, 0.25) is 0 Å². The fraction of sp³-hybridized carbons (Fsp3) is 0.278. The van der Waals surface area contributed by atoms with Gasteiger partial charge < -0.3 is 10.8 Å². The van der Waals surface area contributed by atoms with Crippen molar-refractivity contribution in [3.05, 3.63) is 65.7 Å². The average Bonchev–Trinajstić information content (AvgIpc) is 3.24. The quantitative estimate of drug-likeness (QED) is 0.863. The molecule has 0 aromatic heterocycles. The van der Waals surface area contributed by atoms with E-state index in [4.69, 9.17) is 5.73 Å². The number of benzene rings is 2. The van der Waals surface area contributed by atoms with Crippen LogP contribution in [-0.4, -0.2) is 30.3 Å². The van der Waals surface area contributed by atoms with Crippen LogP contribution < -0.4 is 5.73 Å². The number of hydrogen-bond donors (Lipinski definition) is 2. The van der Waals surface area contributed by atoms with Gasteiger partial charge in [0.05, 0.1) is 4.90 Å². The average molecular weight is 345 g/mol. The number of nitrogens with two attached hydrogens (primary N) is 1.